The van der Waals surface area contributed by atoms with Gasteiger partial charge in [-0.25, -0.2) is 0 Å². The van der Waals surface area contributed by atoms with Gasteiger partial charge in [-0.2, -0.15) is 5.26 Å². The number of nitrogens with one attached hydrogen (secondary N) is 1. The molecule has 1 fully saturated rings. The molecule has 0 aromatic carbocycles. The molecular formula is C7H11N3O. The van der Waals surface area contributed by atoms with Crippen molar-refractivity contribution in [3.8, 4) is 6.07 Å². The number of carbonyl (C=O) groups is 1. The lowest BCUT2D eigenvalue weighted by Gasteiger charge is -2.14. The fraction of sp³-hybridized carbons (Fsp3) is 0.714. The molecule has 1 aliphatic rings. The minimum atomic E-state index is 0.0315. The number of amides is 1. The summed E-state index contributed by atoms with van der Waals surface area (Å²) in [5.41, 5.74) is 0. The van der Waals surface area contributed by atoms with E-state index in [-0.39, 0.29) is 12.5 Å². The van der Waals surface area contributed by atoms with E-state index in [2.05, 4.69) is 5.32 Å². The highest BCUT2D eigenvalue weighted by molar-refractivity contribution is 5.78. The van der Waals surface area contributed by atoms with Crippen molar-refractivity contribution in [2.75, 3.05) is 26.2 Å². The van der Waals surface area contributed by atoms with Crippen molar-refractivity contribution < 1.29 is 4.79 Å². The molecule has 0 aliphatic carbocycles. The fourth-order valence-electron chi connectivity index (χ4n) is 1.08. The van der Waals surface area contributed by atoms with Crippen LogP contribution in [0.5, 0.6) is 0 Å². The van der Waals surface area contributed by atoms with E-state index in [0.717, 1.165) is 13.0 Å². The average molecular weight is 153 g/mol. The third kappa shape index (κ3) is 2.20. The van der Waals surface area contributed by atoms with Crippen molar-refractivity contribution in [1.29, 1.82) is 5.26 Å². The first-order valence-corrected chi connectivity index (χ1v) is 3.70. The Morgan fingerprint density at radius 1 is 1.73 bits per heavy atom. The van der Waals surface area contributed by atoms with Gasteiger partial charge < -0.3 is 10.2 Å². The van der Waals surface area contributed by atoms with Crippen molar-refractivity contribution in [2.24, 2.45) is 0 Å². The van der Waals surface area contributed by atoms with Crippen LogP contribution in [0.2, 0.25) is 0 Å². The number of hydrogen-bond donors (Lipinski definition) is 1. The summed E-state index contributed by atoms with van der Waals surface area (Å²) in [6.07, 6.45) is 0.938. The second kappa shape index (κ2) is 3.94. The van der Waals surface area contributed by atoms with E-state index >= 15 is 0 Å². The summed E-state index contributed by atoms with van der Waals surface area (Å²) >= 11 is 0. The third-order valence-electron chi connectivity index (χ3n) is 1.67. The van der Waals surface area contributed by atoms with E-state index in [1.54, 1.807) is 4.90 Å². The van der Waals surface area contributed by atoms with Crippen LogP contribution < -0.4 is 5.32 Å². The van der Waals surface area contributed by atoms with Gasteiger partial charge in [0, 0.05) is 6.54 Å². The summed E-state index contributed by atoms with van der Waals surface area (Å²) in [5, 5.41) is 11.3. The molecule has 0 radical (unpaired) electrons. The SMILES string of the molecule is N#CCN1CCCNCC1=O. The number of hydrogen-bond acceptors (Lipinski definition) is 3. The predicted molar refractivity (Wildman–Crippen MR) is 39.7 cm³/mol. The highest BCUT2D eigenvalue weighted by Crippen LogP contribution is 1.94. The predicted octanol–water partition coefficient (Wildman–Crippen LogP) is -0.668. The maximum Gasteiger partial charge on any atom is 0.237 e. The molecule has 4 heteroatoms. The molecule has 0 aromatic rings. The summed E-state index contributed by atoms with van der Waals surface area (Å²) in [4.78, 5) is 12.7. The Balaban J connectivity index is 2.47. The lowest BCUT2D eigenvalue weighted by molar-refractivity contribution is -0.128. The van der Waals surface area contributed by atoms with Crippen LogP contribution in [0.3, 0.4) is 0 Å². The summed E-state index contributed by atoms with van der Waals surface area (Å²) < 4.78 is 0. The van der Waals surface area contributed by atoms with Crippen LogP contribution in [0.15, 0.2) is 0 Å². The summed E-state index contributed by atoms with van der Waals surface area (Å²) in [6.45, 7) is 2.18. The Bertz CT molecular complexity index is 185. The Kier molecular flexibility index (Phi) is 2.87. The largest absolute Gasteiger partial charge is 0.328 e. The molecule has 1 N–H and O–H groups in total. The number of nitriles is 1. The van der Waals surface area contributed by atoms with Crippen LogP contribution in [0.1, 0.15) is 6.42 Å². The standard InChI is InChI=1S/C7H11N3O/c8-2-5-10-4-1-3-9-6-7(10)11/h9H,1,3-6H2. The lowest BCUT2D eigenvalue weighted by Crippen LogP contribution is -2.34. The molecular weight excluding hydrogens is 142 g/mol. The first-order valence-electron chi connectivity index (χ1n) is 3.70. The molecule has 1 aliphatic heterocycles. The van der Waals surface area contributed by atoms with Crippen molar-refractivity contribution in [3.63, 3.8) is 0 Å². The Hall–Kier alpha value is -1.08. The fourth-order valence-corrected chi connectivity index (χ4v) is 1.08. The molecule has 0 unspecified atom stereocenters. The second-order valence-corrected chi connectivity index (χ2v) is 2.50. The van der Waals surface area contributed by atoms with E-state index in [4.69, 9.17) is 5.26 Å². The highest BCUT2D eigenvalue weighted by Gasteiger charge is 2.14. The average Bonchev–Trinajstić information content (AvgIpc) is 2.18. The maximum atomic E-state index is 11.1. The number of nitrogens with zero attached hydrogens (tertiary/aromatic N) is 2. The molecule has 1 saturated heterocycles. The van der Waals surface area contributed by atoms with Gasteiger partial charge in [-0.15, -0.1) is 0 Å². The van der Waals surface area contributed by atoms with Gasteiger partial charge in [0.1, 0.15) is 6.54 Å². The van der Waals surface area contributed by atoms with Crippen LogP contribution in [0.25, 0.3) is 0 Å². The molecule has 0 saturated carbocycles. The molecule has 0 atom stereocenters. The summed E-state index contributed by atoms with van der Waals surface area (Å²) in [5.74, 6) is 0.0315. The van der Waals surface area contributed by atoms with Gasteiger partial charge in [0.25, 0.3) is 0 Å². The minimum Gasteiger partial charge on any atom is -0.328 e. The second-order valence-electron chi connectivity index (χ2n) is 2.50. The zero-order valence-electron chi connectivity index (χ0n) is 6.34. The van der Waals surface area contributed by atoms with Crippen molar-refractivity contribution in [2.45, 2.75) is 6.42 Å². The van der Waals surface area contributed by atoms with Crippen LogP contribution in [0, 0.1) is 11.3 Å². The highest BCUT2D eigenvalue weighted by atomic mass is 16.2. The summed E-state index contributed by atoms with van der Waals surface area (Å²) in [6, 6.07) is 1.97. The van der Waals surface area contributed by atoms with Gasteiger partial charge >= 0.3 is 0 Å². The van der Waals surface area contributed by atoms with E-state index in [1.165, 1.54) is 0 Å². The zero-order valence-corrected chi connectivity index (χ0v) is 6.34. The quantitative estimate of drug-likeness (QED) is 0.508. The molecule has 1 heterocycles. The molecule has 11 heavy (non-hydrogen) atoms. The van der Waals surface area contributed by atoms with Crippen molar-refractivity contribution >= 4 is 5.91 Å². The molecule has 4 nitrogen and oxygen atoms in total. The molecule has 0 bridgehead atoms. The van der Waals surface area contributed by atoms with Gasteiger partial charge in [-0.05, 0) is 13.0 Å². The molecule has 60 valence electrons. The molecule has 1 rings (SSSR count). The smallest absolute Gasteiger partial charge is 0.237 e. The maximum absolute atomic E-state index is 11.1. The van der Waals surface area contributed by atoms with E-state index in [1.807, 2.05) is 6.07 Å². The van der Waals surface area contributed by atoms with Crippen LogP contribution >= 0.6 is 0 Å². The van der Waals surface area contributed by atoms with Gasteiger partial charge in [0.05, 0.1) is 12.6 Å². The van der Waals surface area contributed by atoms with Gasteiger partial charge in [0.15, 0.2) is 0 Å². The van der Waals surface area contributed by atoms with E-state index in [0.29, 0.717) is 13.1 Å². The molecule has 0 aromatic heterocycles. The van der Waals surface area contributed by atoms with Gasteiger partial charge in [-0.3, -0.25) is 4.79 Å². The first kappa shape index (κ1) is 8.02. The topological polar surface area (TPSA) is 56.1 Å². The minimum absolute atomic E-state index is 0.0315. The Morgan fingerprint density at radius 3 is 3.27 bits per heavy atom. The zero-order chi connectivity index (χ0) is 8.10. The normalized spacial score (nSPS) is 19.2. The summed E-state index contributed by atoms with van der Waals surface area (Å²) in [7, 11) is 0. The Morgan fingerprint density at radius 2 is 2.55 bits per heavy atom. The molecule has 0 spiro atoms. The van der Waals surface area contributed by atoms with E-state index < -0.39 is 0 Å². The van der Waals surface area contributed by atoms with Gasteiger partial charge in [0.2, 0.25) is 5.91 Å². The number of carbonyl (C=O) groups excluding carboxylic acids is 1. The Labute approximate surface area is 65.8 Å². The first-order chi connectivity index (χ1) is 5.34. The molecule has 1 amide bonds. The third-order valence-corrected chi connectivity index (χ3v) is 1.67. The van der Waals surface area contributed by atoms with Crippen molar-refractivity contribution in [3.05, 3.63) is 0 Å². The van der Waals surface area contributed by atoms with Crippen LogP contribution in [-0.2, 0) is 4.79 Å². The number of rotatable bonds is 1. The van der Waals surface area contributed by atoms with Crippen LogP contribution in [0.4, 0.5) is 0 Å². The van der Waals surface area contributed by atoms with Crippen LogP contribution in [-0.4, -0.2) is 37.0 Å². The van der Waals surface area contributed by atoms with Gasteiger partial charge in [-0.1, -0.05) is 0 Å². The van der Waals surface area contributed by atoms with E-state index in [9.17, 15) is 4.79 Å². The van der Waals surface area contributed by atoms with Crippen molar-refractivity contribution in [1.82, 2.24) is 10.2 Å². The monoisotopic (exact) mass is 153 g/mol. The lowest BCUT2D eigenvalue weighted by atomic mass is 10.4.